The van der Waals surface area contributed by atoms with Crippen LogP contribution in [0.25, 0.3) is 88.4 Å². The van der Waals surface area contributed by atoms with Gasteiger partial charge in [-0.05, 0) is 295 Å². The lowest BCUT2D eigenvalue weighted by Gasteiger charge is -2.34. The van der Waals surface area contributed by atoms with Crippen LogP contribution in [0, 0.1) is 27.7 Å². The molecule has 1 N–H and O–H groups in total. The molecule has 24 rings (SSSR count). The first-order chi connectivity index (χ1) is 68.8. The van der Waals surface area contributed by atoms with Crippen LogP contribution in [-0.4, -0.2) is 40.3 Å². The molecule has 0 saturated heterocycles. The highest BCUT2D eigenvalue weighted by molar-refractivity contribution is 9.11. The van der Waals surface area contributed by atoms with Gasteiger partial charge in [0, 0.05) is 106 Å². The van der Waals surface area contributed by atoms with Crippen molar-refractivity contribution >= 4 is 156 Å². The summed E-state index contributed by atoms with van der Waals surface area (Å²) in [5.74, 6) is 0. The van der Waals surface area contributed by atoms with Crippen LogP contribution in [0.15, 0.2) is 462 Å². The van der Waals surface area contributed by atoms with Crippen molar-refractivity contribution < 1.29 is 24.2 Å². The second-order valence-corrected chi connectivity index (χ2v) is 38.9. The fraction of sp³-hybridized carbons (Fsp3) is 0.0952. The molecular formula is C126H101BBr3Cl2F3N4O2. The largest absolute Gasteiger partial charge is 0.762 e. The predicted molar refractivity (Wildman–Crippen MR) is 598 cm³/mol. The van der Waals surface area contributed by atoms with E-state index in [9.17, 15) is 18.1 Å². The van der Waals surface area contributed by atoms with Crippen LogP contribution in [0.3, 0.4) is 0 Å². The Balaban J connectivity index is 0.000000159. The van der Waals surface area contributed by atoms with Crippen molar-refractivity contribution in [3.05, 3.63) is 546 Å². The minimum Gasteiger partial charge on any atom is -0.382 e. The lowest BCUT2D eigenvalue weighted by molar-refractivity contribution is 0.130. The van der Waals surface area contributed by atoms with Crippen LogP contribution in [0.5, 0.6) is 0 Å². The predicted octanol–water partition coefficient (Wildman–Crippen LogP) is 36.3. The van der Waals surface area contributed by atoms with Gasteiger partial charge in [-0.3, -0.25) is 12.9 Å². The van der Waals surface area contributed by atoms with Gasteiger partial charge in [0.25, 0.3) is 0 Å². The van der Waals surface area contributed by atoms with E-state index < -0.39 is 24.0 Å². The molecule has 19 aromatic carbocycles. The lowest BCUT2D eigenvalue weighted by atomic mass is 9.67. The third-order valence-corrected chi connectivity index (χ3v) is 28.6. The van der Waals surface area contributed by atoms with E-state index in [1.54, 1.807) is 0 Å². The molecule has 21 aromatic rings. The van der Waals surface area contributed by atoms with Crippen LogP contribution < -0.4 is 9.80 Å². The van der Waals surface area contributed by atoms with Crippen LogP contribution in [0.4, 0.5) is 47.1 Å². The summed E-state index contributed by atoms with van der Waals surface area (Å²) in [6, 6.07) is 163. The van der Waals surface area contributed by atoms with E-state index in [1.807, 2.05) is 74.5 Å². The number of aromatic nitrogens is 2. The average Bonchev–Trinajstić information content (AvgIpc) is 1.53. The minimum absolute atomic E-state index is 0. The molecule has 6 nitrogen and oxygen atoms in total. The molecule has 0 bridgehead atoms. The summed E-state index contributed by atoms with van der Waals surface area (Å²) in [6.07, 6.45) is 0. The number of hydrogen-bond donors (Lipinski definition) is 1. The number of aliphatic hydroxyl groups is 1. The summed E-state index contributed by atoms with van der Waals surface area (Å²) in [4.78, 5) is 4.67. The molecule has 3 aliphatic rings. The van der Waals surface area contributed by atoms with Gasteiger partial charge < -0.3 is 28.8 Å². The molecule has 2 aromatic heterocycles. The first-order valence-corrected chi connectivity index (χ1v) is 50.6. The average molecular weight is 2080 g/mol. The third-order valence-electron chi connectivity index (χ3n) is 27.1. The van der Waals surface area contributed by atoms with E-state index >= 15 is 0 Å². The SMILES string of the molecule is CCOCC.Cc1ccc(N(c2ccc(C)cc2)c2ccc(-n3c4ccc(C5(c6cccc(Br)c6)c6ccccc6-c6ccccc65)cc4c4cc(C5(c6cccc(Br)c6)c6ccccc6-c6ccccc65)ccc43)cc2)cc1.Cc1ccc(N(c2ccc(C)cc2)c2ccc(-n3c4ccccc4c4ccccc43)cc2)cc1.ClCCl.FB(F)F.OC1(c2cccc(Br)c2)c2ccccc2-c2ccccc21.[2HH]. The van der Waals surface area contributed by atoms with Crippen molar-refractivity contribution in [3.8, 4) is 44.8 Å². The number of alkyl halides is 2. The molecule has 141 heavy (non-hydrogen) atoms. The molecule has 0 aliphatic heterocycles. The highest BCUT2D eigenvalue weighted by atomic mass is 79.9. The van der Waals surface area contributed by atoms with Crippen LogP contribution in [0.2, 0.25) is 0 Å². The van der Waals surface area contributed by atoms with Gasteiger partial charge in [0.2, 0.25) is 0 Å². The van der Waals surface area contributed by atoms with Crippen LogP contribution in [-0.2, 0) is 21.2 Å². The molecule has 0 fully saturated rings. The van der Waals surface area contributed by atoms with Gasteiger partial charge in [-0.2, -0.15) is 0 Å². The van der Waals surface area contributed by atoms with Gasteiger partial charge in [0.15, 0.2) is 0 Å². The summed E-state index contributed by atoms with van der Waals surface area (Å²) in [5.41, 5.74) is 36.6. The Bertz CT molecular complexity index is 7620. The second kappa shape index (κ2) is 41.9. The molecule has 0 atom stereocenters. The van der Waals surface area contributed by atoms with Gasteiger partial charge >= 0.3 is 7.54 Å². The topological polar surface area (TPSA) is 45.8 Å². The lowest BCUT2D eigenvalue weighted by Crippen LogP contribution is -2.28. The van der Waals surface area contributed by atoms with E-state index in [0.717, 1.165) is 111 Å². The van der Waals surface area contributed by atoms with E-state index in [2.05, 4.69) is 483 Å². The summed E-state index contributed by atoms with van der Waals surface area (Å²) >= 11 is 20.9. The maximum Gasteiger partial charge on any atom is 0.762 e. The summed E-state index contributed by atoms with van der Waals surface area (Å²) in [6.45, 7) is 14.2. The smallest absolute Gasteiger partial charge is 0.382 e. The Hall–Kier alpha value is -13.8. The Kier molecular flexibility index (Phi) is 28.6. The molecule has 0 unspecified atom stereocenters. The number of para-hydroxylation sites is 2. The zero-order chi connectivity index (χ0) is 97.6. The van der Waals surface area contributed by atoms with Crippen molar-refractivity contribution in [2.75, 3.05) is 28.4 Å². The molecule has 0 amide bonds. The number of ether oxygens (including phenoxy) is 1. The number of benzene rings is 19. The third kappa shape index (κ3) is 18.3. The standard InChI is InChI=1S/C70H48Br2N2.C32H26N2.C19H13BrO.C4H10O.CH2Cl2.BF3.H2/c1-45-25-31-53(32-26-45)73(54-33-27-46(2)28-34-54)55-35-37-56(38-36-55)74-67-39-29-49(69(47-13-11-15-51(71)41-47)63-21-7-3-17-57(63)58-18-4-8-22-64(58)69)43-61(67)62-44-50(30-40-68(62)74)70(48-14-12-16-52(72)42-48)65-23-9-5-19-59(65)60-20-6-10-24-66(60)70;1-23-11-15-25(16-12-23)33(26-17-13-24(2)14-18-26)27-19-21-28(22-20-27)34-31-9-5-3-7-29(31)30-8-4-6-10-32(30)34;20-14-7-5-6-13(12-14)19(21)17-10-3-1-8-15(17)16-9-2-4-11-18(16)19;1-3-5-4-2;2-1-3;2-1(3)4;/h3-44H,1-2H3;3-22H,1-2H3;1-12,21H;3-4H2,1-2H3;1H2;;1H/i;;;;;;1+1. The molecule has 15 heteroatoms. The summed E-state index contributed by atoms with van der Waals surface area (Å²) in [5, 5.41) is 16.7. The number of rotatable bonds is 15. The maximum atomic E-state index is 11.6. The molecule has 0 spiro atoms. The van der Waals surface area contributed by atoms with Gasteiger partial charge in [-0.1, -0.05) is 349 Å². The number of anilines is 6. The van der Waals surface area contributed by atoms with E-state index in [0.29, 0.717) is 0 Å². The normalized spacial score (nSPS) is 12.6. The molecule has 696 valence electrons. The Labute approximate surface area is 859 Å². The Morgan fingerprint density at radius 2 is 0.518 bits per heavy atom. The van der Waals surface area contributed by atoms with Gasteiger partial charge in [-0.25, -0.2) is 0 Å². The number of hydrogen-bond acceptors (Lipinski definition) is 4. The van der Waals surface area contributed by atoms with E-state index in [1.165, 1.54) is 122 Å². The quantitative estimate of drug-likeness (QED) is 0.0821. The molecule has 3 aliphatic carbocycles. The zero-order valence-electron chi connectivity index (χ0n) is 78.6. The number of halogens is 8. The van der Waals surface area contributed by atoms with Crippen molar-refractivity contribution in [1.82, 2.24) is 9.13 Å². The fourth-order valence-corrected chi connectivity index (χ4v) is 22.3. The molecule has 0 saturated carbocycles. The molecular weight excluding hydrogens is 1980 g/mol. The highest BCUT2D eigenvalue weighted by Crippen LogP contribution is 2.60. The molecule has 2 heterocycles. The Morgan fingerprint density at radius 1 is 0.284 bits per heavy atom. The second-order valence-electron chi connectivity index (χ2n) is 35.4. The number of fused-ring (bicyclic) bond motifs is 15. The van der Waals surface area contributed by atoms with Crippen molar-refractivity contribution in [3.63, 3.8) is 0 Å². The monoisotopic (exact) mass is 2080 g/mol. The van der Waals surface area contributed by atoms with Gasteiger partial charge in [-0.15, -0.1) is 23.2 Å². The fourth-order valence-electron chi connectivity index (χ4n) is 21.1. The zero-order valence-corrected chi connectivity index (χ0v) is 84.9. The molecule has 0 radical (unpaired) electrons. The number of nitrogens with zero attached hydrogens (tertiary/aromatic N) is 4. The first-order valence-electron chi connectivity index (χ1n) is 47.1. The van der Waals surface area contributed by atoms with Gasteiger partial charge in [0.05, 0.1) is 38.2 Å². The van der Waals surface area contributed by atoms with Crippen LogP contribution >= 0.6 is 71.0 Å². The Morgan fingerprint density at radius 3 is 0.801 bits per heavy atom. The van der Waals surface area contributed by atoms with Gasteiger partial charge in [0.1, 0.15) is 5.60 Å². The minimum atomic E-state index is -3.67. The van der Waals surface area contributed by atoms with Crippen molar-refractivity contribution in [2.24, 2.45) is 0 Å². The number of aryl methyl sites for hydroxylation is 4. The van der Waals surface area contributed by atoms with Crippen LogP contribution in [0.1, 0.15) is 98.7 Å². The van der Waals surface area contributed by atoms with E-state index in [4.69, 9.17) is 27.9 Å². The maximum absolute atomic E-state index is 11.6. The van der Waals surface area contributed by atoms with Crippen molar-refractivity contribution in [1.29, 1.82) is 0 Å². The first kappa shape index (κ1) is 96.1. The summed E-state index contributed by atoms with van der Waals surface area (Å²) in [7, 11) is -3.67. The highest BCUT2D eigenvalue weighted by Gasteiger charge is 2.49. The van der Waals surface area contributed by atoms with E-state index in [-0.39, 0.29) is 6.77 Å². The van der Waals surface area contributed by atoms with Crippen molar-refractivity contribution in [2.45, 2.75) is 58.0 Å². The summed E-state index contributed by atoms with van der Waals surface area (Å²) < 4.78 is 41.8.